The van der Waals surface area contributed by atoms with Crippen molar-refractivity contribution in [2.24, 2.45) is 16.6 Å². The summed E-state index contributed by atoms with van der Waals surface area (Å²) in [6.07, 6.45) is 6.10. The van der Waals surface area contributed by atoms with Crippen LogP contribution < -0.4 is 22.3 Å². The van der Waals surface area contributed by atoms with Crippen molar-refractivity contribution in [3.8, 4) is 5.75 Å². The molecule has 0 atom stereocenters. The van der Waals surface area contributed by atoms with Crippen molar-refractivity contribution in [3.63, 3.8) is 0 Å². The zero-order chi connectivity index (χ0) is 17.8. The molecule has 0 aliphatic heterocycles. The number of aromatic hydroxyl groups is 1. The summed E-state index contributed by atoms with van der Waals surface area (Å²) in [7, 11) is 0. The highest BCUT2D eigenvalue weighted by atomic mass is 32.1. The van der Waals surface area contributed by atoms with E-state index in [1.165, 1.54) is 38.2 Å². The maximum Gasteiger partial charge on any atom is 0.271 e. The predicted octanol–water partition coefficient (Wildman–Crippen LogP) is 2.75. The third-order valence-corrected chi connectivity index (χ3v) is 5.27. The zero-order valence-electron chi connectivity index (χ0n) is 13.9. The zero-order valence-corrected chi connectivity index (χ0v) is 14.7. The molecule has 7 N–H and O–H groups in total. The van der Waals surface area contributed by atoms with E-state index in [0.717, 1.165) is 11.5 Å². The van der Waals surface area contributed by atoms with Crippen LogP contribution in [0.2, 0.25) is 0 Å². The van der Waals surface area contributed by atoms with E-state index in [-0.39, 0.29) is 17.1 Å². The Balaban J connectivity index is 1.79. The molecule has 0 amide bonds. The maximum absolute atomic E-state index is 12.1. The summed E-state index contributed by atoms with van der Waals surface area (Å²) in [4.78, 5) is 16.6. The Labute approximate surface area is 149 Å². The van der Waals surface area contributed by atoms with Gasteiger partial charge in [0.15, 0.2) is 0 Å². The fraction of sp³-hybridized carbons (Fsp3) is 0.412. The molecule has 1 aliphatic carbocycles. The number of hydrogen-bond donors (Lipinski definition) is 5. The molecule has 8 heteroatoms. The number of H-pyrrole nitrogens is 1. The number of amidine groups is 1. The number of nitrogens with one attached hydrogen (secondary N) is 2. The number of phenols is 1. The molecular formula is C17H23N5O2S. The average molecular weight is 361 g/mol. The lowest BCUT2D eigenvalue weighted by atomic mass is 9.89. The van der Waals surface area contributed by atoms with Crippen LogP contribution in [0.4, 0.5) is 16.4 Å². The van der Waals surface area contributed by atoms with Gasteiger partial charge in [0.2, 0.25) is 0 Å². The van der Waals surface area contributed by atoms with Crippen molar-refractivity contribution < 1.29 is 5.11 Å². The molecule has 25 heavy (non-hydrogen) atoms. The van der Waals surface area contributed by atoms with E-state index in [9.17, 15) is 9.90 Å². The number of rotatable bonds is 5. The van der Waals surface area contributed by atoms with Gasteiger partial charge in [-0.05, 0) is 42.4 Å². The number of hydrogen-bond acceptors (Lipinski definition) is 6. The molecule has 2 aromatic rings. The van der Waals surface area contributed by atoms with Gasteiger partial charge in [0.1, 0.15) is 22.1 Å². The standard InChI is InChI=1S/C17H23N5O2S/c18-11-6-7-12(13(23)8-11)21-17-14(16(24)22-25-17)15(19)20-9-10-4-2-1-3-5-10/h6-8,10,21,23H,1-5,9,18H2,(H2,19,20)(H,22,24). The third kappa shape index (κ3) is 4.14. The van der Waals surface area contributed by atoms with Gasteiger partial charge in [-0.3, -0.25) is 14.2 Å². The number of nitrogens with two attached hydrogens (primary N) is 2. The minimum atomic E-state index is -0.285. The van der Waals surface area contributed by atoms with Crippen LogP contribution in [0.1, 0.15) is 37.7 Å². The van der Waals surface area contributed by atoms with Crippen molar-refractivity contribution >= 4 is 33.7 Å². The highest BCUT2D eigenvalue weighted by Gasteiger charge is 2.17. The van der Waals surface area contributed by atoms with Crippen molar-refractivity contribution in [3.05, 3.63) is 34.1 Å². The summed E-state index contributed by atoms with van der Waals surface area (Å²) in [6.45, 7) is 0.647. The molecule has 1 aromatic carbocycles. The molecule has 0 spiro atoms. The number of benzene rings is 1. The molecule has 1 saturated carbocycles. The third-order valence-electron chi connectivity index (χ3n) is 4.47. The Morgan fingerprint density at radius 3 is 2.84 bits per heavy atom. The van der Waals surface area contributed by atoms with E-state index in [0.29, 0.717) is 34.4 Å². The van der Waals surface area contributed by atoms with Gasteiger partial charge in [0.25, 0.3) is 5.56 Å². The number of aromatic amines is 1. The molecule has 3 rings (SSSR count). The summed E-state index contributed by atoms with van der Waals surface area (Å²) in [5, 5.41) is 13.5. The van der Waals surface area contributed by atoms with Gasteiger partial charge < -0.3 is 21.9 Å². The topological polar surface area (TPSA) is 130 Å². The molecule has 1 fully saturated rings. The van der Waals surface area contributed by atoms with E-state index < -0.39 is 0 Å². The first-order chi connectivity index (χ1) is 12.0. The average Bonchev–Trinajstić information content (AvgIpc) is 2.97. The maximum atomic E-state index is 12.1. The van der Waals surface area contributed by atoms with Crippen LogP contribution in [0, 0.1) is 5.92 Å². The quantitative estimate of drug-likeness (QED) is 0.242. The summed E-state index contributed by atoms with van der Waals surface area (Å²) in [5.74, 6) is 0.776. The number of aliphatic imine (C=N–C) groups is 1. The summed E-state index contributed by atoms with van der Waals surface area (Å²) in [6, 6.07) is 4.75. The SMILES string of the molecule is NC(=NCC1CCCCC1)c1c(Nc2ccc(N)cc2O)s[nH]c1=O. The first-order valence-corrected chi connectivity index (χ1v) is 9.23. The minimum absolute atomic E-state index is 0.00418. The first kappa shape index (κ1) is 17.3. The van der Waals surface area contributed by atoms with Crippen molar-refractivity contribution in [1.29, 1.82) is 0 Å². The molecule has 1 aliphatic rings. The van der Waals surface area contributed by atoms with Crippen LogP contribution in [0.3, 0.4) is 0 Å². The van der Waals surface area contributed by atoms with Crippen LogP contribution in [0.5, 0.6) is 5.75 Å². The number of aromatic nitrogens is 1. The second kappa shape index (κ2) is 7.60. The van der Waals surface area contributed by atoms with Crippen LogP contribution in [0.15, 0.2) is 28.0 Å². The fourth-order valence-electron chi connectivity index (χ4n) is 3.08. The molecular weight excluding hydrogens is 338 g/mol. The highest BCUT2D eigenvalue weighted by Crippen LogP contribution is 2.31. The van der Waals surface area contributed by atoms with E-state index in [2.05, 4.69) is 14.7 Å². The van der Waals surface area contributed by atoms with Crippen LogP contribution >= 0.6 is 11.5 Å². The van der Waals surface area contributed by atoms with Gasteiger partial charge in [-0.15, -0.1) is 0 Å². The molecule has 1 heterocycles. The number of nitrogen functional groups attached to an aromatic ring is 1. The van der Waals surface area contributed by atoms with Gasteiger partial charge in [0, 0.05) is 18.3 Å². The van der Waals surface area contributed by atoms with Crippen LogP contribution in [-0.4, -0.2) is 21.9 Å². The monoisotopic (exact) mass is 361 g/mol. The summed E-state index contributed by atoms with van der Waals surface area (Å²) in [5.41, 5.74) is 12.7. The second-order valence-corrected chi connectivity index (χ2v) is 7.19. The molecule has 0 saturated heterocycles. The Bertz CT molecular complexity index is 821. The molecule has 7 nitrogen and oxygen atoms in total. The Kier molecular flexibility index (Phi) is 5.28. The lowest BCUT2D eigenvalue weighted by Gasteiger charge is -2.19. The smallest absolute Gasteiger partial charge is 0.271 e. The van der Waals surface area contributed by atoms with Gasteiger partial charge in [-0.25, -0.2) is 0 Å². The van der Waals surface area contributed by atoms with Gasteiger partial charge in [-0.1, -0.05) is 19.3 Å². The highest BCUT2D eigenvalue weighted by molar-refractivity contribution is 7.10. The predicted molar refractivity (Wildman–Crippen MR) is 103 cm³/mol. The second-order valence-electron chi connectivity index (χ2n) is 6.37. The van der Waals surface area contributed by atoms with E-state index in [1.54, 1.807) is 12.1 Å². The van der Waals surface area contributed by atoms with Crippen molar-refractivity contribution in [2.45, 2.75) is 32.1 Å². The lowest BCUT2D eigenvalue weighted by molar-refractivity contribution is 0.367. The normalized spacial score (nSPS) is 16.1. The molecule has 0 bridgehead atoms. The molecule has 134 valence electrons. The number of phenolic OH excluding ortho intramolecular Hbond substituents is 1. The van der Waals surface area contributed by atoms with E-state index >= 15 is 0 Å². The van der Waals surface area contributed by atoms with Crippen molar-refractivity contribution in [2.75, 3.05) is 17.6 Å². The van der Waals surface area contributed by atoms with E-state index in [4.69, 9.17) is 11.5 Å². The van der Waals surface area contributed by atoms with Crippen LogP contribution in [-0.2, 0) is 0 Å². The van der Waals surface area contributed by atoms with E-state index in [1.807, 2.05) is 0 Å². The van der Waals surface area contributed by atoms with Gasteiger partial charge >= 0.3 is 0 Å². The van der Waals surface area contributed by atoms with Crippen LogP contribution in [0.25, 0.3) is 0 Å². The Morgan fingerprint density at radius 1 is 1.36 bits per heavy atom. The lowest BCUT2D eigenvalue weighted by Crippen LogP contribution is -2.23. The first-order valence-electron chi connectivity index (χ1n) is 8.42. The van der Waals surface area contributed by atoms with Crippen molar-refractivity contribution in [1.82, 2.24) is 4.37 Å². The summed E-state index contributed by atoms with van der Waals surface area (Å²) >= 11 is 1.12. The number of anilines is 3. The Morgan fingerprint density at radius 2 is 2.12 bits per heavy atom. The Hall–Kier alpha value is -2.48. The van der Waals surface area contributed by atoms with Gasteiger partial charge in [0.05, 0.1) is 5.69 Å². The fourth-order valence-corrected chi connectivity index (χ4v) is 3.83. The van der Waals surface area contributed by atoms with Gasteiger partial charge in [-0.2, -0.15) is 0 Å². The number of nitrogens with zero attached hydrogens (tertiary/aromatic N) is 1. The minimum Gasteiger partial charge on any atom is -0.506 e. The largest absolute Gasteiger partial charge is 0.506 e. The summed E-state index contributed by atoms with van der Waals surface area (Å²) < 4.78 is 2.66. The molecule has 0 unspecified atom stereocenters. The molecule has 1 aromatic heterocycles. The molecule has 0 radical (unpaired) electrons.